The summed E-state index contributed by atoms with van der Waals surface area (Å²) in [5, 5.41) is 1.14. The number of fused-ring (bicyclic) bond motifs is 1. The highest BCUT2D eigenvalue weighted by molar-refractivity contribution is 7.20. The van der Waals surface area contributed by atoms with Crippen molar-refractivity contribution in [2.75, 3.05) is 0 Å². The third kappa shape index (κ3) is 7.15. The van der Waals surface area contributed by atoms with Crippen LogP contribution in [0.25, 0.3) is 10.9 Å². The summed E-state index contributed by atoms with van der Waals surface area (Å²) in [5.41, 5.74) is -12.5. The van der Waals surface area contributed by atoms with Crippen LogP contribution in [0.2, 0.25) is 0 Å². The van der Waals surface area contributed by atoms with Gasteiger partial charge in [-0.2, -0.15) is 4.57 Å². The first-order valence-corrected chi connectivity index (χ1v) is 17.2. The van der Waals surface area contributed by atoms with E-state index in [1.54, 1.807) is 0 Å². The molecular formula is C41H14BF20NO. The number of hydrogen-bond acceptors (Lipinski definition) is 1. The molecule has 7 rings (SSSR count). The number of hydrogen-bond donors (Lipinski definition) is 0. The highest BCUT2D eigenvalue weighted by atomic mass is 19.2. The van der Waals surface area contributed by atoms with Crippen LogP contribution in [0.15, 0.2) is 72.9 Å². The van der Waals surface area contributed by atoms with Gasteiger partial charge in [0.1, 0.15) is 52.7 Å². The van der Waals surface area contributed by atoms with E-state index in [2.05, 4.69) is 12.1 Å². The second-order valence-corrected chi connectivity index (χ2v) is 13.3. The smallest absolute Gasteiger partial charge is 0.227 e. The number of rotatable bonds is 7. The van der Waals surface area contributed by atoms with E-state index in [-0.39, 0.29) is 5.78 Å². The van der Waals surface area contributed by atoms with Crippen molar-refractivity contribution in [3.8, 4) is 0 Å². The molecule has 0 bridgehead atoms. The zero-order chi connectivity index (χ0) is 47.4. The van der Waals surface area contributed by atoms with Gasteiger partial charge in [0.2, 0.25) is 17.8 Å². The fourth-order valence-electron chi connectivity index (χ4n) is 7.10. The Hall–Kier alpha value is -6.94. The predicted molar refractivity (Wildman–Crippen MR) is 184 cm³/mol. The van der Waals surface area contributed by atoms with E-state index >= 15 is 35.1 Å². The van der Waals surface area contributed by atoms with E-state index in [1.807, 2.05) is 65.4 Å². The summed E-state index contributed by atoms with van der Waals surface area (Å²) >= 11 is 0. The Morgan fingerprint density at radius 2 is 0.609 bits per heavy atom. The van der Waals surface area contributed by atoms with Gasteiger partial charge in [-0.25, -0.2) is 87.8 Å². The number of carbonyl (C=O) groups excluding carboxylic acids is 1. The molecule has 1 heterocycles. The topological polar surface area (TPSA) is 20.9 Å². The molecule has 1 aromatic heterocycles. The van der Waals surface area contributed by atoms with Crippen molar-refractivity contribution < 1.29 is 97.2 Å². The van der Waals surface area contributed by atoms with Crippen LogP contribution in [-0.2, 0) is 6.54 Å². The standard InChI is InChI=1S/C24BF20.C17H14NO/c26-5-1(6(27)14(35)21(42)13(5)34)25(2-7(28)15(36)22(43)16(37)8(2)29,3-9(30)17(38)23(44)18(39)10(3)31)4-11(32)19(40)24(45)20(41)12(4)33;19-17(15-8-2-1-3-9-15)13-18-12-6-10-14-7-4-5-11-16(14)18/h;1-12H,13H2/q-1;+1. The van der Waals surface area contributed by atoms with Crippen molar-refractivity contribution in [2.24, 2.45) is 0 Å². The fraction of sp³-hybridized carbons (Fsp3) is 0.0244. The Labute approximate surface area is 343 Å². The van der Waals surface area contributed by atoms with Crippen LogP contribution in [0, 0.1) is 116 Å². The predicted octanol–water partition coefficient (Wildman–Crippen LogP) is 8.86. The summed E-state index contributed by atoms with van der Waals surface area (Å²) in [6.07, 6.45) is -5.27. The molecule has 0 aliphatic carbocycles. The molecule has 0 amide bonds. The van der Waals surface area contributed by atoms with E-state index in [9.17, 15) is 57.5 Å². The van der Waals surface area contributed by atoms with Gasteiger partial charge in [-0.15, -0.1) is 21.9 Å². The van der Waals surface area contributed by atoms with Gasteiger partial charge in [0.05, 0.1) is 0 Å². The summed E-state index contributed by atoms with van der Waals surface area (Å²) < 4.78 is 296. The normalized spacial score (nSPS) is 11.6. The van der Waals surface area contributed by atoms with Crippen molar-refractivity contribution in [1.82, 2.24) is 0 Å². The number of aromatic nitrogens is 1. The summed E-state index contributed by atoms with van der Waals surface area (Å²) in [6.45, 7) is 0.366. The largest absolute Gasteiger partial charge is 0.287 e. The van der Waals surface area contributed by atoms with Gasteiger partial charge < -0.3 is 0 Å². The zero-order valence-electron chi connectivity index (χ0n) is 30.6. The highest BCUT2D eigenvalue weighted by Crippen LogP contribution is 2.31. The number of nitrogens with zero attached hydrogens (tertiary/aromatic N) is 1. The molecule has 6 aromatic carbocycles. The van der Waals surface area contributed by atoms with Crippen molar-refractivity contribution in [3.63, 3.8) is 0 Å². The number of halogens is 20. The number of para-hydroxylation sites is 1. The SMILES string of the molecule is Fc1c(F)c(F)c([B-](c2c(F)c(F)c(F)c(F)c2F)(c2c(F)c(F)c(F)c(F)c2F)c2c(F)c(F)c(F)c(F)c2F)c(F)c1F.O=C(C[n+]1cccc2ccccc21)c1ccccc1. The number of carbonyl (C=O) groups is 1. The molecule has 0 saturated heterocycles. The van der Waals surface area contributed by atoms with E-state index in [4.69, 9.17) is 0 Å². The molecular weight excluding hydrogens is 913 g/mol. The fourth-order valence-corrected chi connectivity index (χ4v) is 7.10. The summed E-state index contributed by atoms with van der Waals surface area (Å²) in [5.74, 6) is -71.3. The minimum atomic E-state index is -7.22. The van der Waals surface area contributed by atoms with Crippen LogP contribution in [-0.4, -0.2) is 11.9 Å². The Balaban J connectivity index is 0.000000295. The Bertz CT molecular complexity index is 2670. The van der Waals surface area contributed by atoms with Gasteiger partial charge in [0.15, 0.2) is 76.0 Å². The molecule has 7 aromatic rings. The van der Waals surface area contributed by atoms with Crippen molar-refractivity contribution >= 4 is 44.7 Å². The maximum atomic E-state index is 15.4. The molecule has 0 saturated carbocycles. The maximum absolute atomic E-state index is 15.4. The van der Waals surface area contributed by atoms with Crippen LogP contribution in [0.4, 0.5) is 87.8 Å². The molecule has 0 radical (unpaired) electrons. The van der Waals surface area contributed by atoms with Crippen LogP contribution >= 0.6 is 0 Å². The molecule has 0 fully saturated rings. The Morgan fingerprint density at radius 3 is 0.938 bits per heavy atom. The average Bonchev–Trinajstić information content (AvgIpc) is 3.29. The third-order valence-electron chi connectivity index (χ3n) is 9.90. The molecule has 0 N–H and O–H groups in total. The molecule has 0 atom stereocenters. The zero-order valence-corrected chi connectivity index (χ0v) is 30.6. The quantitative estimate of drug-likeness (QED) is 0.0391. The highest BCUT2D eigenvalue weighted by Gasteiger charge is 2.52. The number of Topliss-reactive ketones (excluding diaryl/α,β-unsaturated/α-hetero) is 1. The summed E-state index contributed by atoms with van der Waals surface area (Å²) in [6, 6.07) is 21.5. The average molecular weight is 927 g/mol. The molecule has 0 spiro atoms. The maximum Gasteiger partial charge on any atom is 0.227 e. The van der Waals surface area contributed by atoms with Gasteiger partial charge in [-0.05, 0) is 12.1 Å². The molecule has 2 nitrogen and oxygen atoms in total. The van der Waals surface area contributed by atoms with Crippen molar-refractivity contribution in [1.29, 1.82) is 0 Å². The minimum Gasteiger partial charge on any atom is -0.287 e. The molecule has 332 valence electrons. The number of pyridine rings is 1. The van der Waals surface area contributed by atoms with Gasteiger partial charge in [0, 0.05) is 23.1 Å². The second kappa shape index (κ2) is 17.3. The van der Waals surface area contributed by atoms with Crippen LogP contribution in [0.5, 0.6) is 0 Å². The van der Waals surface area contributed by atoms with Gasteiger partial charge >= 0.3 is 0 Å². The van der Waals surface area contributed by atoms with Crippen LogP contribution in [0.1, 0.15) is 10.4 Å². The van der Waals surface area contributed by atoms with Crippen molar-refractivity contribution in [3.05, 3.63) is 195 Å². The monoisotopic (exact) mass is 927 g/mol. The van der Waals surface area contributed by atoms with E-state index < -0.39 is 144 Å². The van der Waals surface area contributed by atoms with Gasteiger partial charge in [0.25, 0.3) is 0 Å². The van der Waals surface area contributed by atoms with Crippen LogP contribution < -0.4 is 26.4 Å². The number of ketones is 1. The van der Waals surface area contributed by atoms with E-state index in [1.165, 1.54) is 0 Å². The molecule has 0 aliphatic rings. The van der Waals surface area contributed by atoms with Gasteiger partial charge in [-0.1, -0.05) is 42.5 Å². The van der Waals surface area contributed by atoms with Gasteiger partial charge in [-0.3, -0.25) is 4.79 Å². The third-order valence-corrected chi connectivity index (χ3v) is 9.90. The lowest BCUT2D eigenvalue weighted by Gasteiger charge is -2.44. The first-order valence-electron chi connectivity index (χ1n) is 17.2. The number of benzene rings is 6. The first-order chi connectivity index (χ1) is 30.0. The Morgan fingerprint density at radius 1 is 0.344 bits per heavy atom. The van der Waals surface area contributed by atoms with E-state index in [0.29, 0.717) is 6.54 Å². The first kappa shape index (κ1) is 46.6. The second-order valence-electron chi connectivity index (χ2n) is 13.3. The molecule has 64 heavy (non-hydrogen) atoms. The molecule has 23 heteroatoms. The van der Waals surface area contributed by atoms with E-state index in [0.717, 1.165) is 16.5 Å². The lowest BCUT2D eigenvalue weighted by atomic mass is 9.12. The summed E-state index contributed by atoms with van der Waals surface area (Å²) in [7, 11) is 0. The minimum absolute atomic E-state index is 0.127. The molecule has 0 aliphatic heterocycles. The lowest BCUT2D eigenvalue weighted by Crippen LogP contribution is -2.81. The Kier molecular flexibility index (Phi) is 12.6. The summed E-state index contributed by atoms with van der Waals surface area (Å²) in [4.78, 5) is 12.2. The lowest BCUT2D eigenvalue weighted by molar-refractivity contribution is -0.657. The molecule has 0 unspecified atom stereocenters. The van der Waals surface area contributed by atoms with Crippen LogP contribution in [0.3, 0.4) is 0 Å². The van der Waals surface area contributed by atoms with Crippen molar-refractivity contribution in [2.45, 2.75) is 6.54 Å².